The molecule has 20 heavy (non-hydrogen) atoms. The van der Waals surface area contributed by atoms with E-state index in [0.717, 1.165) is 24.4 Å². The molecule has 0 radical (unpaired) electrons. The molecular weight excluding hydrogens is 268 g/mol. The van der Waals surface area contributed by atoms with Crippen molar-refractivity contribution >= 4 is 17.7 Å². The molecule has 0 unspecified atom stereocenters. The second kappa shape index (κ2) is 8.32. The van der Waals surface area contributed by atoms with Crippen LogP contribution in [0.3, 0.4) is 0 Å². The average Bonchev–Trinajstić information content (AvgIpc) is 2.45. The van der Waals surface area contributed by atoms with Crippen LogP contribution in [-0.2, 0) is 4.79 Å². The molecule has 0 fully saturated rings. The van der Waals surface area contributed by atoms with Crippen LogP contribution >= 0.6 is 11.8 Å². The molecular formula is C16H26N2OS. The Kier molecular flexibility index (Phi) is 7.10. The van der Waals surface area contributed by atoms with Crippen molar-refractivity contribution in [2.75, 3.05) is 25.4 Å². The normalized spacial score (nSPS) is 11.4. The summed E-state index contributed by atoms with van der Waals surface area (Å²) in [6.45, 7) is 8.43. The first-order valence-electron chi connectivity index (χ1n) is 7.14. The predicted octanol–water partition coefficient (Wildman–Crippen LogP) is 3.00. The zero-order valence-electron chi connectivity index (χ0n) is 12.8. The van der Waals surface area contributed by atoms with E-state index in [9.17, 15) is 4.79 Å². The summed E-state index contributed by atoms with van der Waals surface area (Å²) in [6.07, 6.45) is 0.975. The number of nitrogens with zero attached hydrogens (tertiary/aromatic N) is 1. The minimum absolute atomic E-state index is 0.0256. The van der Waals surface area contributed by atoms with Gasteiger partial charge in [-0.3, -0.25) is 4.79 Å². The number of hydrogen-bond acceptors (Lipinski definition) is 3. The Morgan fingerprint density at radius 3 is 2.50 bits per heavy atom. The molecule has 1 aromatic carbocycles. The maximum Gasteiger partial charge on any atom is 0.232 e. The monoisotopic (exact) mass is 294 g/mol. The fourth-order valence-corrected chi connectivity index (χ4v) is 2.72. The van der Waals surface area contributed by atoms with Gasteiger partial charge in [-0.25, -0.2) is 0 Å². The summed E-state index contributed by atoms with van der Waals surface area (Å²) in [7, 11) is 0. The summed E-state index contributed by atoms with van der Waals surface area (Å²) in [5, 5.41) is 0. The highest BCUT2D eigenvalue weighted by Gasteiger charge is 2.23. The first-order chi connectivity index (χ1) is 9.48. The number of rotatable bonds is 8. The van der Waals surface area contributed by atoms with Crippen LogP contribution in [0.1, 0.15) is 27.2 Å². The first kappa shape index (κ1) is 17.1. The number of amides is 1. The van der Waals surface area contributed by atoms with Crippen molar-refractivity contribution in [2.45, 2.75) is 32.1 Å². The van der Waals surface area contributed by atoms with Crippen LogP contribution in [0.15, 0.2) is 35.2 Å². The van der Waals surface area contributed by atoms with Gasteiger partial charge in [0.1, 0.15) is 0 Å². The highest BCUT2D eigenvalue weighted by Crippen LogP contribution is 2.20. The first-order valence-corrected chi connectivity index (χ1v) is 8.13. The molecule has 0 atom stereocenters. The molecule has 0 aliphatic carbocycles. The van der Waals surface area contributed by atoms with Gasteiger partial charge >= 0.3 is 0 Å². The zero-order valence-corrected chi connectivity index (χ0v) is 13.6. The summed E-state index contributed by atoms with van der Waals surface area (Å²) in [4.78, 5) is 15.4. The van der Waals surface area contributed by atoms with Crippen molar-refractivity contribution in [3.8, 4) is 0 Å². The van der Waals surface area contributed by atoms with E-state index in [1.165, 1.54) is 0 Å². The van der Waals surface area contributed by atoms with Gasteiger partial charge in [-0.2, -0.15) is 0 Å². The van der Waals surface area contributed by atoms with Crippen molar-refractivity contribution in [3.63, 3.8) is 0 Å². The predicted molar refractivity (Wildman–Crippen MR) is 86.9 cm³/mol. The fraction of sp³-hybridized carbons (Fsp3) is 0.562. The molecule has 1 amide bonds. The summed E-state index contributed by atoms with van der Waals surface area (Å²) < 4.78 is 0. The molecule has 1 rings (SSSR count). The van der Waals surface area contributed by atoms with E-state index < -0.39 is 0 Å². The Morgan fingerprint density at radius 2 is 1.95 bits per heavy atom. The van der Waals surface area contributed by atoms with E-state index in [2.05, 4.69) is 20.8 Å². The third-order valence-electron chi connectivity index (χ3n) is 3.12. The molecule has 0 heterocycles. The highest BCUT2D eigenvalue weighted by molar-refractivity contribution is 8.00. The van der Waals surface area contributed by atoms with Crippen LogP contribution in [-0.4, -0.2) is 36.2 Å². The van der Waals surface area contributed by atoms with Crippen molar-refractivity contribution in [1.29, 1.82) is 0 Å². The molecule has 0 saturated carbocycles. The molecule has 0 aliphatic heterocycles. The Bertz CT molecular complexity index is 406. The van der Waals surface area contributed by atoms with Crippen molar-refractivity contribution in [1.82, 2.24) is 4.90 Å². The Morgan fingerprint density at radius 1 is 1.30 bits per heavy atom. The molecule has 4 heteroatoms. The van der Waals surface area contributed by atoms with Gasteiger partial charge in [0.2, 0.25) is 5.91 Å². The SMILES string of the molecule is CCCN(CC(C)(C)CN)C(=O)CSc1ccccc1. The summed E-state index contributed by atoms with van der Waals surface area (Å²) in [5.74, 6) is 0.687. The van der Waals surface area contributed by atoms with E-state index >= 15 is 0 Å². The number of hydrogen-bond donors (Lipinski definition) is 1. The molecule has 1 aromatic rings. The quantitative estimate of drug-likeness (QED) is 0.750. The van der Waals surface area contributed by atoms with Gasteiger partial charge in [-0.05, 0) is 30.5 Å². The van der Waals surface area contributed by atoms with Crippen LogP contribution < -0.4 is 5.73 Å². The van der Waals surface area contributed by atoms with Crippen LogP contribution in [0.4, 0.5) is 0 Å². The lowest BCUT2D eigenvalue weighted by molar-refractivity contribution is -0.129. The highest BCUT2D eigenvalue weighted by atomic mass is 32.2. The van der Waals surface area contributed by atoms with Crippen molar-refractivity contribution in [2.24, 2.45) is 11.1 Å². The van der Waals surface area contributed by atoms with E-state index in [0.29, 0.717) is 12.3 Å². The van der Waals surface area contributed by atoms with Crippen molar-refractivity contribution < 1.29 is 4.79 Å². The average molecular weight is 294 g/mol. The van der Waals surface area contributed by atoms with E-state index in [-0.39, 0.29) is 11.3 Å². The Labute approximate surface area is 126 Å². The number of carbonyl (C=O) groups is 1. The topological polar surface area (TPSA) is 46.3 Å². The van der Waals surface area contributed by atoms with Gasteiger partial charge in [0.15, 0.2) is 0 Å². The molecule has 0 spiro atoms. The van der Waals surface area contributed by atoms with Gasteiger partial charge in [0.25, 0.3) is 0 Å². The third kappa shape index (κ3) is 5.97. The van der Waals surface area contributed by atoms with Crippen LogP contribution in [0.5, 0.6) is 0 Å². The maximum atomic E-state index is 12.4. The lowest BCUT2D eigenvalue weighted by atomic mass is 9.93. The number of thioether (sulfide) groups is 1. The Balaban J connectivity index is 2.56. The van der Waals surface area contributed by atoms with Crippen LogP contribution in [0.2, 0.25) is 0 Å². The lowest BCUT2D eigenvalue weighted by Gasteiger charge is -2.31. The summed E-state index contributed by atoms with van der Waals surface area (Å²) in [6, 6.07) is 10.0. The van der Waals surface area contributed by atoms with Gasteiger partial charge in [-0.1, -0.05) is 39.0 Å². The van der Waals surface area contributed by atoms with Gasteiger partial charge in [0.05, 0.1) is 5.75 Å². The van der Waals surface area contributed by atoms with Gasteiger partial charge in [0, 0.05) is 18.0 Å². The fourth-order valence-electron chi connectivity index (χ4n) is 1.90. The molecule has 0 bridgehead atoms. The Hall–Kier alpha value is -1.00. The van der Waals surface area contributed by atoms with Gasteiger partial charge in [-0.15, -0.1) is 11.8 Å². The molecule has 0 aromatic heterocycles. The number of benzene rings is 1. The molecule has 0 saturated heterocycles. The summed E-state index contributed by atoms with van der Waals surface area (Å²) >= 11 is 1.59. The van der Waals surface area contributed by atoms with E-state index in [1.807, 2.05) is 35.2 Å². The second-order valence-corrected chi connectivity index (χ2v) is 6.83. The molecule has 3 nitrogen and oxygen atoms in total. The summed E-state index contributed by atoms with van der Waals surface area (Å²) in [5.41, 5.74) is 5.75. The standard InChI is InChI=1S/C16H26N2OS/c1-4-10-18(13-16(2,3)12-17)15(19)11-20-14-8-6-5-7-9-14/h5-9H,4,10-13,17H2,1-3H3. The largest absolute Gasteiger partial charge is 0.341 e. The minimum atomic E-state index is -0.0256. The second-order valence-electron chi connectivity index (χ2n) is 5.79. The lowest BCUT2D eigenvalue weighted by Crippen LogP contribution is -2.43. The van der Waals surface area contributed by atoms with E-state index in [4.69, 9.17) is 5.73 Å². The molecule has 112 valence electrons. The smallest absolute Gasteiger partial charge is 0.232 e. The van der Waals surface area contributed by atoms with E-state index in [1.54, 1.807) is 11.8 Å². The third-order valence-corrected chi connectivity index (χ3v) is 4.12. The number of nitrogens with two attached hydrogens (primary N) is 1. The maximum absolute atomic E-state index is 12.4. The van der Waals surface area contributed by atoms with Gasteiger partial charge < -0.3 is 10.6 Å². The molecule has 0 aliphatic rings. The van der Waals surface area contributed by atoms with Crippen molar-refractivity contribution in [3.05, 3.63) is 30.3 Å². The number of carbonyl (C=O) groups excluding carboxylic acids is 1. The minimum Gasteiger partial charge on any atom is -0.341 e. The van der Waals surface area contributed by atoms with Crippen LogP contribution in [0, 0.1) is 5.41 Å². The zero-order chi connectivity index (χ0) is 15.0. The van der Waals surface area contributed by atoms with Crippen LogP contribution in [0.25, 0.3) is 0 Å². The molecule has 2 N–H and O–H groups in total.